The van der Waals surface area contributed by atoms with Gasteiger partial charge >= 0.3 is 5.97 Å². The van der Waals surface area contributed by atoms with Gasteiger partial charge in [-0.25, -0.2) is 0 Å². The number of carbonyl (C=O) groups excluding carboxylic acids is 1. The number of rotatable bonds is 3. The number of ether oxygens (including phenoxy) is 2. The first-order valence-electron chi connectivity index (χ1n) is 4.30. The van der Waals surface area contributed by atoms with Crippen molar-refractivity contribution in [2.24, 2.45) is 0 Å². The molecule has 13 heavy (non-hydrogen) atoms. The summed E-state index contributed by atoms with van der Waals surface area (Å²) >= 11 is 0. The Kier molecular flexibility index (Phi) is 3.92. The van der Waals surface area contributed by atoms with Gasteiger partial charge in [0.05, 0.1) is 20.3 Å². The third-order valence-corrected chi connectivity index (χ3v) is 1.98. The molecule has 0 aromatic carbocycles. The first-order chi connectivity index (χ1) is 6.27. The number of hydrogen-bond donors (Lipinski definition) is 1. The van der Waals surface area contributed by atoms with Crippen molar-refractivity contribution >= 4 is 5.97 Å². The average Bonchev–Trinajstić information content (AvgIpc) is 2.18. The Labute approximate surface area is 77.9 Å². The Morgan fingerprint density at radius 2 is 2.54 bits per heavy atom. The van der Waals surface area contributed by atoms with Crippen LogP contribution < -0.4 is 5.32 Å². The predicted molar refractivity (Wildman–Crippen MR) is 48.4 cm³/mol. The topological polar surface area (TPSA) is 47.6 Å². The van der Waals surface area contributed by atoms with E-state index in [-0.39, 0.29) is 18.1 Å². The van der Waals surface area contributed by atoms with E-state index < -0.39 is 0 Å². The molecule has 1 aliphatic heterocycles. The highest BCUT2D eigenvalue weighted by Gasteiger charge is 2.26. The second-order valence-corrected chi connectivity index (χ2v) is 3.00. The summed E-state index contributed by atoms with van der Waals surface area (Å²) < 4.78 is 9.87. The minimum atomic E-state index is -0.330. The zero-order valence-corrected chi connectivity index (χ0v) is 7.79. The van der Waals surface area contributed by atoms with Crippen LogP contribution in [0.3, 0.4) is 0 Å². The molecule has 1 aliphatic rings. The average molecular weight is 185 g/mol. The lowest BCUT2D eigenvalue weighted by molar-refractivity contribution is -0.147. The van der Waals surface area contributed by atoms with Crippen molar-refractivity contribution in [3.05, 3.63) is 12.7 Å². The fourth-order valence-electron chi connectivity index (χ4n) is 1.32. The van der Waals surface area contributed by atoms with E-state index in [9.17, 15) is 4.79 Å². The first kappa shape index (κ1) is 10.2. The van der Waals surface area contributed by atoms with Crippen LogP contribution >= 0.6 is 0 Å². The van der Waals surface area contributed by atoms with Gasteiger partial charge in [-0.3, -0.25) is 10.1 Å². The maximum absolute atomic E-state index is 11.1. The van der Waals surface area contributed by atoms with Crippen molar-refractivity contribution < 1.29 is 14.3 Å². The molecule has 0 bridgehead atoms. The molecule has 74 valence electrons. The SMILES string of the molecule is C=CCC1COCC(C(=O)OC)N1. The molecule has 0 spiro atoms. The molecule has 2 unspecified atom stereocenters. The molecule has 4 nitrogen and oxygen atoms in total. The Balaban J connectivity index is 2.41. The van der Waals surface area contributed by atoms with Gasteiger partial charge in [0, 0.05) is 6.04 Å². The third-order valence-electron chi connectivity index (χ3n) is 1.98. The van der Waals surface area contributed by atoms with E-state index in [0.29, 0.717) is 13.2 Å². The first-order valence-corrected chi connectivity index (χ1v) is 4.30. The molecule has 1 rings (SSSR count). The van der Waals surface area contributed by atoms with Crippen LogP contribution in [0.25, 0.3) is 0 Å². The lowest BCUT2D eigenvalue weighted by Gasteiger charge is -2.28. The van der Waals surface area contributed by atoms with Gasteiger partial charge in [0.25, 0.3) is 0 Å². The molecule has 0 aliphatic carbocycles. The number of carbonyl (C=O) groups is 1. The van der Waals surface area contributed by atoms with Crippen LogP contribution in [0.15, 0.2) is 12.7 Å². The highest BCUT2D eigenvalue weighted by molar-refractivity contribution is 5.75. The number of morpholine rings is 1. The van der Waals surface area contributed by atoms with Gasteiger partial charge in [0.2, 0.25) is 0 Å². The van der Waals surface area contributed by atoms with Crippen molar-refractivity contribution in [1.29, 1.82) is 0 Å². The van der Waals surface area contributed by atoms with Gasteiger partial charge in [-0.15, -0.1) is 6.58 Å². The summed E-state index contributed by atoms with van der Waals surface area (Å²) in [7, 11) is 1.38. The van der Waals surface area contributed by atoms with Crippen molar-refractivity contribution in [3.63, 3.8) is 0 Å². The van der Waals surface area contributed by atoms with Crippen molar-refractivity contribution in [1.82, 2.24) is 5.32 Å². The fraction of sp³-hybridized carbons (Fsp3) is 0.667. The zero-order chi connectivity index (χ0) is 9.68. The van der Waals surface area contributed by atoms with Crippen molar-refractivity contribution in [2.75, 3.05) is 20.3 Å². The van der Waals surface area contributed by atoms with Crippen LogP contribution in [-0.2, 0) is 14.3 Å². The van der Waals surface area contributed by atoms with Gasteiger partial charge < -0.3 is 9.47 Å². The van der Waals surface area contributed by atoms with E-state index in [1.54, 1.807) is 6.08 Å². The van der Waals surface area contributed by atoms with E-state index in [1.807, 2.05) is 0 Å². The highest BCUT2D eigenvalue weighted by atomic mass is 16.5. The van der Waals surface area contributed by atoms with Crippen LogP contribution in [0.4, 0.5) is 0 Å². The smallest absolute Gasteiger partial charge is 0.325 e. The standard InChI is InChI=1S/C9H15NO3/c1-3-4-7-5-13-6-8(10-7)9(11)12-2/h3,7-8,10H,1,4-6H2,2H3. The molecular formula is C9H15NO3. The summed E-state index contributed by atoms with van der Waals surface area (Å²) in [6, 6.07) is -0.154. The van der Waals surface area contributed by atoms with Crippen LogP contribution in [0, 0.1) is 0 Å². The van der Waals surface area contributed by atoms with Crippen molar-refractivity contribution in [2.45, 2.75) is 18.5 Å². The number of hydrogen-bond acceptors (Lipinski definition) is 4. The Morgan fingerprint density at radius 3 is 3.15 bits per heavy atom. The fourth-order valence-corrected chi connectivity index (χ4v) is 1.32. The van der Waals surface area contributed by atoms with Gasteiger partial charge in [0.1, 0.15) is 6.04 Å². The Morgan fingerprint density at radius 1 is 1.77 bits per heavy atom. The van der Waals surface area contributed by atoms with E-state index in [0.717, 1.165) is 6.42 Å². The largest absolute Gasteiger partial charge is 0.468 e. The minimum Gasteiger partial charge on any atom is -0.468 e. The van der Waals surface area contributed by atoms with Gasteiger partial charge in [0.15, 0.2) is 0 Å². The molecule has 0 aromatic rings. The molecule has 0 aromatic heterocycles. The number of nitrogens with one attached hydrogen (secondary N) is 1. The minimum absolute atomic E-state index is 0.176. The van der Waals surface area contributed by atoms with Crippen molar-refractivity contribution in [3.8, 4) is 0 Å². The zero-order valence-electron chi connectivity index (χ0n) is 7.79. The van der Waals surface area contributed by atoms with Crippen LogP contribution in [0.1, 0.15) is 6.42 Å². The van der Waals surface area contributed by atoms with Crippen LogP contribution in [-0.4, -0.2) is 38.4 Å². The van der Waals surface area contributed by atoms with E-state index >= 15 is 0 Å². The predicted octanol–water partition coefficient (Wildman–Crippen LogP) is 0.0925. The second-order valence-electron chi connectivity index (χ2n) is 3.00. The molecule has 4 heteroatoms. The lowest BCUT2D eigenvalue weighted by atomic mass is 10.1. The van der Waals surface area contributed by atoms with E-state index in [1.165, 1.54) is 7.11 Å². The summed E-state index contributed by atoms with van der Waals surface area (Å²) in [6.45, 7) is 4.65. The summed E-state index contributed by atoms with van der Waals surface area (Å²) in [5, 5.41) is 3.13. The molecule has 0 saturated carbocycles. The molecule has 2 atom stereocenters. The van der Waals surface area contributed by atoms with Crippen LogP contribution in [0.5, 0.6) is 0 Å². The van der Waals surface area contributed by atoms with E-state index in [4.69, 9.17) is 4.74 Å². The molecular weight excluding hydrogens is 170 g/mol. The Bertz CT molecular complexity index is 193. The van der Waals surface area contributed by atoms with Gasteiger partial charge in [-0.1, -0.05) is 6.08 Å². The summed E-state index contributed by atoms with van der Waals surface area (Å²) in [5.41, 5.74) is 0. The molecule has 1 fully saturated rings. The maximum Gasteiger partial charge on any atom is 0.325 e. The monoisotopic (exact) mass is 185 g/mol. The summed E-state index contributed by atoms with van der Waals surface area (Å²) in [5.74, 6) is -0.270. The van der Waals surface area contributed by atoms with E-state index in [2.05, 4.69) is 16.6 Å². The molecule has 0 radical (unpaired) electrons. The van der Waals surface area contributed by atoms with Crippen LogP contribution in [0.2, 0.25) is 0 Å². The molecule has 1 N–H and O–H groups in total. The third kappa shape index (κ3) is 2.82. The molecule has 1 heterocycles. The maximum atomic E-state index is 11.1. The molecule has 0 amide bonds. The van der Waals surface area contributed by atoms with Gasteiger partial charge in [-0.05, 0) is 6.42 Å². The second kappa shape index (κ2) is 4.99. The number of esters is 1. The van der Waals surface area contributed by atoms with Gasteiger partial charge in [-0.2, -0.15) is 0 Å². The Hall–Kier alpha value is -0.870. The molecule has 1 saturated heterocycles. The highest BCUT2D eigenvalue weighted by Crippen LogP contribution is 2.04. The summed E-state index contributed by atoms with van der Waals surface area (Å²) in [6.07, 6.45) is 2.61. The quantitative estimate of drug-likeness (QED) is 0.500. The normalized spacial score (nSPS) is 28.1. The summed E-state index contributed by atoms with van der Waals surface area (Å²) in [4.78, 5) is 11.1. The number of methoxy groups -OCH3 is 1. The lowest BCUT2D eigenvalue weighted by Crippen LogP contribution is -2.52.